The lowest BCUT2D eigenvalue weighted by molar-refractivity contribution is 0.595. The Hall–Kier alpha value is -1.02. The zero-order chi connectivity index (χ0) is 14.4. The molecular formula is C17H19Cl2N. The maximum atomic E-state index is 6.28. The Kier molecular flexibility index (Phi) is 5.90. The number of halogens is 2. The molecule has 0 amide bonds. The molecule has 3 heteroatoms. The Balaban J connectivity index is 2.21. The molecule has 0 radical (unpaired) electrons. The average molecular weight is 308 g/mol. The highest BCUT2D eigenvalue weighted by Gasteiger charge is 2.14. The maximum absolute atomic E-state index is 6.28. The van der Waals surface area contributed by atoms with Crippen molar-refractivity contribution in [3.63, 3.8) is 0 Å². The van der Waals surface area contributed by atoms with Gasteiger partial charge in [-0.05, 0) is 42.3 Å². The third kappa shape index (κ3) is 4.24. The SMILES string of the molecule is CCNCC(Cc1cc(Cl)ccc1Cl)c1ccccc1. The van der Waals surface area contributed by atoms with E-state index in [2.05, 4.69) is 36.5 Å². The third-order valence-corrected chi connectivity index (χ3v) is 3.99. The molecule has 1 N–H and O–H groups in total. The van der Waals surface area contributed by atoms with E-state index >= 15 is 0 Å². The first-order valence-corrected chi connectivity index (χ1v) is 7.66. The summed E-state index contributed by atoms with van der Waals surface area (Å²) in [6, 6.07) is 16.2. The summed E-state index contributed by atoms with van der Waals surface area (Å²) in [5, 5.41) is 4.94. The van der Waals surface area contributed by atoms with E-state index in [-0.39, 0.29) is 0 Å². The van der Waals surface area contributed by atoms with Crippen LogP contribution in [0.2, 0.25) is 10.0 Å². The van der Waals surface area contributed by atoms with Crippen LogP contribution in [0.1, 0.15) is 24.0 Å². The fourth-order valence-corrected chi connectivity index (χ4v) is 2.71. The second kappa shape index (κ2) is 7.68. The van der Waals surface area contributed by atoms with Crippen LogP contribution in [0.5, 0.6) is 0 Å². The van der Waals surface area contributed by atoms with E-state index in [0.29, 0.717) is 5.92 Å². The highest BCUT2D eigenvalue weighted by atomic mass is 35.5. The van der Waals surface area contributed by atoms with E-state index in [1.165, 1.54) is 5.56 Å². The minimum Gasteiger partial charge on any atom is -0.316 e. The van der Waals surface area contributed by atoms with Crippen molar-refractivity contribution in [1.82, 2.24) is 5.32 Å². The molecule has 0 spiro atoms. The Labute approximate surface area is 130 Å². The summed E-state index contributed by atoms with van der Waals surface area (Å²) in [4.78, 5) is 0. The van der Waals surface area contributed by atoms with Gasteiger partial charge in [0.05, 0.1) is 0 Å². The van der Waals surface area contributed by atoms with Crippen LogP contribution < -0.4 is 5.32 Å². The molecule has 2 aromatic rings. The molecule has 0 aliphatic carbocycles. The molecule has 106 valence electrons. The second-order valence-corrected chi connectivity index (χ2v) is 5.70. The van der Waals surface area contributed by atoms with Gasteiger partial charge >= 0.3 is 0 Å². The lowest BCUT2D eigenvalue weighted by atomic mass is 9.92. The lowest BCUT2D eigenvalue weighted by Gasteiger charge is -2.19. The summed E-state index contributed by atoms with van der Waals surface area (Å²) >= 11 is 12.4. The fourth-order valence-electron chi connectivity index (χ4n) is 2.32. The molecule has 0 aromatic heterocycles. The Morgan fingerprint density at radius 3 is 2.50 bits per heavy atom. The standard InChI is InChI=1S/C17H19Cl2N/c1-2-20-12-15(13-6-4-3-5-7-13)10-14-11-16(18)8-9-17(14)19/h3-9,11,15,20H,2,10,12H2,1H3. The largest absolute Gasteiger partial charge is 0.316 e. The van der Waals surface area contributed by atoms with Crippen LogP contribution in [-0.4, -0.2) is 13.1 Å². The predicted molar refractivity (Wildman–Crippen MR) is 87.9 cm³/mol. The van der Waals surface area contributed by atoms with Crippen molar-refractivity contribution in [2.24, 2.45) is 0 Å². The Morgan fingerprint density at radius 1 is 1.05 bits per heavy atom. The van der Waals surface area contributed by atoms with Crippen LogP contribution >= 0.6 is 23.2 Å². The quantitative estimate of drug-likeness (QED) is 0.798. The van der Waals surface area contributed by atoms with Crippen molar-refractivity contribution in [1.29, 1.82) is 0 Å². The van der Waals surface area contributed by atoms with Crippen molar-refractivity contribution >= 4 is 23.2 Å². The molecule has 0 aliphatic rings. The van der Waals surface area contributed by atoms with Crippen LogP contribution in [0, 0.1) is 0 Å². The molecule has 2 rings (SSSR count). The number of benzene rings is 2. The van der Waals surface area contributed by atoms with E-state index in [1.807, 2.05) is 24.3 Å². The number of likely N-dealkylation sites (N-methyl/N-ethyl adjacent to an activating group) is 1. The molecule has 0 saturated carbocycles. The average Bonchev–Trinajstić information content (AvgIpc) is 2.48. The zero-order valence-corrected chi connectivity index (χ0v) is 13.1. The summed E-state index contributed by atoms with van der Waals surface area (Å²) in [6.07, 6.45) is 0.885. The van der Waals surface area contributed by atoms with Gasteiger partial charge in [-0.25, -0.2) is 0 Å². The van der Waals surface area contributed by atoms with Gasteiger partial charge in [-0.2, -0.15) is 0 Å². The van der Waals surface area contributed by atoms with Crippen LogP contribution in [0.15, 0.2) is 48.5 Å². The van der Waals surface area contributed by atoms with Crippen LogP contribution in [0.4, 0.5) is 0 Å². The summed E-state index contributed by atoms with van der Waals surface area (Å²) in [6.45, 7) is 4.02. The van der Waals surface area contributed by atoms with Gasteiger partial charge in [0.15, 0.2) is 0 Å². The van der Waals surface area contributed by atoms with Gasteiger partial charge in [0.25, 0.3) is 0 Å². The molecule has 1 unspecified atom stereocenters. The van der Waals surface area contributed by atoms with Gasteiger partial charge in [-0.15, -0.1) is 0 Å². The first-order chi connectivity index (χ1) is 9.70. The molecule has 0 bridgehead atoms. The van der Waals surface area contributed by atoms with Crippen molar-refractivity contribution in [2.45, 2.75) is 19.3 Å². The van der Waals surface area contributed by atoms with Crippen molar-refractivity contribution in [3.8, 4) is 0 Å². The van der Waals surface area contributed by atoms with Crippen molar-refractivity contribution < 1.29 is 0 Å². The highest BCUT2D eigenvalue weighted by molar-refractivity contribution is 6.33. The minimum atomic E-state index is 0.395. The lowest BCUT2D eigenvalue weighted by Crippen LogP contribution is -2.22. The van der Waals surface area contributed by atoms with Crippen LogP contribution in [-0.2, 0) is 6.42 Å². The van der Waals surface area contributed by atoms with Gasteiger partial charge in [-0.1, -0.05) is 60.5 Å². The highest BCUT2D eigenvalue weighted by Crippen LogP contribution is 2.27. The number of rotatable bonds is 6. The van der Waals surface area contributed by atoms with E-state index in [4.69, 9.17) is 23.2 Å². The van der Waals surface area contributed by atoms with Gasteiger partial charge in [-0.3, -0.25) is 0 Å². The summed E-state index contributed by atoms with van der Waals surface area (Å²) in [7, 11) is 0. The molecule has 1 atom stereocenters. The minimum absolute atomic E-state index is 0.395. The Morgan fingerprint density at radius 2 is 1.80 bits per heavy atom. The molecule has 0 aliphatic heterocycles. The van der Waals surface area contributed by atoms with Crippen LogP contribution in [0.3, 0.4) is 0 Å². The maximum Gasteiger partial charge on any atom is 0.0439 e. The third-order valence-electron chi connectivity index (χ3n) is 3.39. The molecule has 2 aromatic carbocycles. The van der Waals surface area contributed by atoms with E-state index in [9.17, 15) is 0 Å². The molecule has 0 heterocycles. The summed E-state index contributed by atoms with van der Waals surface area (Å²) in [5.74, 6) is 0.395. The van der Waals surface area contributed by atoms with Gasteiger partial charge < -0.3 is 5.32 Å². The number of hydrogen-bond donors (Lipinski definition) is 1. The van der Waals surface area contributed by atoms with Gasteiger partial charge in [0.1, 0.15) is 0 Å². The summed E-state index contributed by atoms with van der Waals surface area (Å²) < 4.78 is 0. The second-order valence-electron chi connectivity index (χ2n) is 4.86. The first-order valence-electron chi connectivity index (χ1n) is 6.90. The predicted octanol–water partition coefficient (Wildman–Crippen LogP) is 4.93. The molecule has 0 fully saturated rings. The van der Waals surface area contributed by atoms with Gasteiger partial charge in [0, 0.05) is 22.5 Å². The van der Waals surface area contributed by atoms with E-state index in [1.54, 1.807) is 0 Å². The van der Waals surface area contributed by atoms with E-state index < -0.39 is 0 Å². The Bertz CT molecular complexity index is 540. The smallest absolute Gasteiger partial charge is 0.0439 e. The van der Waals surface area contributed by atoms with Crippen molar-refractivity contribution in [2.75, 3.05) is 13.1 Å². The monoisotopic (exact) mass is 307 g/mol. The molecule has 1 nitrogen and oxygen atoms in total. The topological polar surface area (TPSA) is 12.0 Å². The molecular weight excluding hydrogens is 289 g/mol. The number of nitrogens with one attached hydrogen (secondary N) is 1. The molecule has 0 saturated heterocycles. The van der Waals surface area contributed by atoms with Gasteiger partial charge in [0.2, 0.25) is 0 Å². The first kappa shape index (κ1) is 15.4. The van der Waals surface area contributed by atoms with Crippen LogP contribution in [0.25, 0.3) is 0 Å². The fraction of sp³-hybridized carbons (Fsp3) is 0.294. The van der Waals surface area contributed by atoms with E-state index in [0.717, 1.165) is 35.1 Å². The normalized spacial score (nSPS) is 12.3. The molecule has 20 heavy (non-hydrogen) atoms. The summed E-state index contributed by atoms with van der Waals surface area (Å²) in [5.41, 5.74) is 2.43. The zero-order valence-electron chi connectivity index (χ0n) is 11.6. The van der Waals surface area contributed by atoms with Crippen molar-refractivity contribution in [3.05, 3.63) is 69.7 Å². The number of hydrogen-bond acceptors (Lipinski definition) is 1.